The number of nitrogens with one attached hydrogen (secondary N) is 1. The maximum absolute atomic E-state index is 5.68. The molecule has 2 heterocycles. The van der Waals surface area contributed by atoms with Gasteiger partial charge in [-0.3, -0.25) is 0 Å². The van der Waals surface area contributed by atoms with E-state index in [9.17, 15) is 0 Å². The summed E-state index contributed by atoms with van der Waals surface area (Å²) >= 11 is 0. The summed E-state index contributed by atoms with van der Waals surface area (Å²) in [7, 11) is 0. The molecule has 0 amide bonds. The molecule has 2 aromatic carbocycles. The van der Waals surface area contributed by atoms with Gasteiger partial charge < -0.3 is 9.15 Å². The Balaban J connectivity index is 1.43. The first-order chi connectivity index (χ1) is 12.3. The standard InChI is InChI=1S/C17H14N6O2/c1-11-4-2-3-5-14(11)17-21-18-15(25-17)10-24-13-8-6-12(7-9-13)16-19-22-23-20-16/h2-9H,10H2,1H3,(H,19,20,22,23). The third-order valence-corrected chi connectivity index (χ3v) is 3.66. The molecule has 0 spiro atoms. The topological polar surface area (TPSA) is 103 Å². The molecule has 124 valence electrons. The molecule has 0 bridgehead atoms. The second-order valence-corrected chi connectivity index (χ2v) is 5.36. The summed E-state index contributed by atoms with van der Waals surface area (Å²) in [5, 5.41) is 21.9. The Morgan fingerprint density at radius 3 is 2.60 bits per heavy atom. The highest BCUT2D eigenvalue weighted by Crippen LogP contribution is 2.23. The molecule has 4 aromatic rings. The SMILES string of the molecule is Cc1ccccc1-c1nnc(COc2ccc(-c3nn[nH]n3)cc2)o1. The molecule has 8 nitrogen and oxygen atoms in total. The Kier molecular flexibility index (Phi) is 3.91. The van der Waals surface area contributed by atoms with Crippen LogP contribution in [0.15, 0.2) is 52.9 Å². The average molecular weight is 334 g/mol. The third-order valence-electron chi connectivity index (χ3n) is 3.66. The number of aryl methyl sites for hydroxylation is 1. The van der Waals surface area contributed by atoms with E-state index in [0.29, 0.717) is 23.4 Å². The molecular weight excluding hydrogens is 320 g/mol. The number of hydrogen-bond acceptors (Lipinski definition) is 7. The van der Waals surface area contributed by atoms with Crippen LogP contribution < -0.4 is 4.74 Å². The van der Waals surface area contributed by atoms with Gasteiger partial charge in [0.15, 0.2) is 6.61 Å². The minimum atomic E-state index is 0.195. The van der Waals surface area contributed by atoms with Crippen molar-refractivity contribution >= 4 is 0 Å². The second-order valence-electron chi connectivity index (χ2n) is 5.36. The van der Waals surface area contributed by atoms with Crippen LogP contribution in [0.1, 0.15) is 11.5 Å². The molecule has 0 fully saturated rings. The van der Waals surface area contributed by atoms with Crippen molar-refractivity contribution in [2.45, 2.75) is 13.5 Å². The molecular formula is C17H14N6O2. The fourth-order valence-corrected chi connectivity index (χ4v) is 2.36. The van der Waals surface area contributed by atoms with Crippen molar-refractivity contribution in [2.75, 3.05) is 0 Å². The van der Waals surface area contributed by atoms with Crippen molar-refractivity contribution in [3.05, 3.63) is 60.0 Å². The van der Waals surface area contributed by atoms with Crippen molar-refractivity contribution in [2.24, 2.45) is 0 Å². The largest absolute Gasteiger partial charge is 0.484 e. The van der Waals surface area contributed by atoms with Crippen molar-refractivity contribution in [1.82, 2.24) is 30.8 Å². The molecule has 0 unspecified atom stereocenters. The van der Waals surface area contributed by atoms with E-state index in [0.717, 1.165) is 16.7 Å². The van der Waals surface area contributed by atoms with Crippen LogP contribution in [0, 0.1) is 6.92 Å². The van der Waals surface area contributed by atoms with Gasteiger partial charge in [0, 0.05) is 11.1 Å². The van der Waals surface area contributed by atoms with E-state index < -0.39 is 0 Å². The van der Waals surface area contributed by atoms with Gasteiger partial charge in [-0.1, -0.05) is 18.2 Å². The van der Waals surface area contributed by atoms with Gasteiger partial charge in [-0.15, -0.1) is 20.4 Å². The highest BCUT2D eigenvalue weighted by Gasteiger charge is 2.11. The van der Waals surface area contributed by atoms with E-state index >= 15 is 0 Å². The van der Waals surface area contributed by atoms with Crippen LogP contribution in [0.4, 0.5) is 0 Å². The summed E-state index contributed by atoms with van der Waals surface area (Å²) in [6, 6.07) is 15.2. The van der Waals surface area contributed by atoms with Crippen LogP contribution in [-0.4, -0.2) is 30.8 Å². The lowest BCUT2D eigenvalue weighted by Gasteiger charge is -2.03. The molecule has 1 N–H and O–H groups in total. The number of rotatable bonds is 5. The Hall–Kier alpha value is -3.55. The van der Waals surface area contributed by atoms with Gasteiger partial charge in [0.05, 0.1) is 0 Å². The average Bonchev–Trinajstić information content (AvgIpc) is 3.33. The van der Waals surface area contributed by atoms with Crippen molar-refractivity contribution in [3.63, 3.8) is 0 Å². The molecule has 0 aliphatic heterocycles. The van der Waals surface area contributed by atoms with Crippen LogP contribution in [-0.2, 0) is 6.61 Å². The first kappa shape index (κ1) is 15.0. The summed E-state index contributed by atoms with van der Waals surface area (Å²) in [6.45, 7) is 2.20. The highest BCUT2D eigenvalue weighted by molar-refractivity contribution is 5.57. The Morgan fingerprint density at radius 1 is 1.00 bits per heavy atom. The normalized spacial score (nSPS) is 10.8. The highest BCUT2D eigenvalue weighted by atomic mass is 16.5. The number of nitrogens with zero attached hydrogens (tertiary/aromatic N) is 5. The smallest absolute Gasteiger partial charge is 0.254 e. The Morgan fingerprint density at radius 2 is 1.84 bits per heavy atom. The number of tetrazole rings is 1. The zero-order valence-corrected chi connectivity index (χ0v) is 13.4. The van der Waals surface area contributed by atoms with E-state index in [1.807, 2.05) is 55.5 Å². The molecule has 25 heavy (non-hydrogen) atoms. The van der Waals surface area contributed by atoms with E-state index in [-0.39, 0.29) is 6.61 Å². The summed E-state index contributed by atoms with van der Waals surface area (Å²) < 4.78 is 11.4. The lowest BCUT2D eigenvalue weighted by atomic mass is 10.1. The minimum absolute atomic E-state index is 0.195. The van der Waals surface area contributed by atoms with Crippen LogP contribution in [0.25, 0.3) is 22.8 Å². The van der Waals surface area contributed by atoms with E-state index in [2.05, 4.69) is 30.8 Å². The molecule has 0 atom stereocenters. The molecule has 0 saturated carbocycles. The monoisotopic (exact) mass is 334 g/mol. The Bertz CT molecular complexity index is 963. The van der Waals surface area contributed by atoms with Crippen LogP contribution >= 0.6 is 0 Å². The molecule has 0 radical (unpaired) electrons. The number of benzene rings is 2. The van der Waals surface area contributed by atoms with E-state index in [1.165, 1.54) is 0 Å². The molecule has 0 aliphatic rings. The molecule has 2 aromatic heterocycles. The predicted octanol–water partition coefficient (Wildman–Crippen LogP) is 2.80. The van der Waals surface area contributed by atoms with Gasteiger partial charge in [-0.2, -0.15) is 5.21 Å². The first-order valence-corrected chi connectivity index (χ1v) is 7.64. The van der Waals surface area contributed by atoms with Gasteiger partial charge in [-0.25, -0.2) is 0 Å². The van der Waals surface area contributed by atoms with Crippen LogP contribution in [0.5, 0.6) is 5.75 Å². The number of aromatic nitrogens is 6. The van der Waals surface area contributed by atoms with E-state index in [4.69, 9.17) is 9.15 Å². The zero-order chi connectivity index (χ0) is 17.1. The van der Waals surface area contributed by atoms with Gasteiger partial charge >= 0.3 is 0 Å². The predicted molar refractivity (Wildman–Crippen MR) is 88.4 cm³/mol. The minimum Gasteiger partial charge on any atom is -0.484 e. The first-order valence-electron chi connectivity index (χ1n) is 7.64. The molecule has 0 saturated heterocycles. The number of ether oxygens (including phenoxy) is 1. The summed E-state index contributed by atoms with van der Waals surface area (Å²) in [5.41, 5.74) is 2.85. The zero-order valence-electron chi connectivity index (χ0n) is 13.4. The third kappa shape index (κ3) is 3.23. The van der Waals surface area contributed by atoms with Crippen molar-refractivity contribution in [3.8, 4) is 28.6 Å². The molecule has 8 heteroatoms. The number of hydrogen-bond donors (Lipinski definition) is 1. The fourth-order valence-electron chi connectivity index (χ4n) is 2.36. The van der Waals surface area contributed by atoms with Crippen molar-refractivity contribution < 1.29 is 9.15 Å². The lowest BCUT2D eigenvalue weighted by Crippen LogP contribution is -1.95. The van der Waals surface area contributed by atoms with Gasteiger partial charge in [0.2, 0.25) is 11.7 Å². The Labute approximate surface area is 142 Å². The maximum Gasteiger partial charge on any atom is 0.254 e. The summed E-state index contributed by atoms with van der Waals surface area (Å²) in [6.07, 6.45) is 0. The summed E-state index contributed by atoms with van der Waals surface area (Å²) in [4.78, 5) is 0. The quantitative estimate of drug-likeness (QED) is 0.598. The fraction of sp³-hybridized carbons (Fsp3) is 0.118. The van der Waals surface area contributed by atoms with Gasteiger partial charge in [-0.05, 0) is 48.0 Å². The number of H-pyrrole nitrogens is 1. The maximum atomic E-state index is 5.68. The molecule has 4 rings (SSSR count). The van der Waals surface area contributed by atoms with Crippen LogP contribution in [0.2, 0.25) is 0 Å². The van der Waals surface area contributed by atoms with Crippen molar-refractivity contribution in [1.29, 1.82) is 0 Å². The van der Waals surface area contributed by atoms with Crippen LogP contribution in [0.3, 0.4) is 0 Å². The number of aromatic amines is 1. The summed E-state index contributed by atoms with van der Waals surface area (Å²) in [5.74, 6) is 2.12. The van der Waals surface area contributed by atoms with Gasteiger partial charge in [0.1, 0.15) is 5.75 Å². The molecule has 0 aliphatic carbocycles. The lowest BCUT2D eigenvalue weighted by molar-refractivity contribution is 0.264. The van der Waals surface area contributed by atoms with Gasteiger partial charge in [0.25, 0.3) is 5.89 Å². The van der Waals surface area contributed by atoms with E-state index in [1.54, 1.807) is 0 Å². The second kappa shape index (κ2) is 6.52.